The Morgan fingerprint density at radius 3 is 2.48 bits per heavy atom. The molecule has 6 nitrogen and oxygen atoms in total. The zero-order valence-corrected chi connectivity index (χ0v) is 19.3. The summed E-state index contributed by atoms with van der Waals surface area (Å²) in [5, 5.41) is 0. The van der Waals surface area contributed by atoms with Crippen LogP contribution in [-0.4, -0.2) is 45.5 Å². The average Bonchev–Trinajstić information content (AvgIpc) is 2.77. The third-order valence-electron chi connectivity index (χ3n) is 5.85. The fraction of sp³-hybridized carbons (Fsp3) is 0.458. The summed E-state index contributed by atoms with van der Waals surface area (Å²) in [6.45, 7) is 5.38. The van der Waals surface area contributed by atoms with Crippen molar-refractivity contribution in [3.05, 3.63) is 59.7 Å². The monoisotopic (exact) mass is 444 g/mol. The molecule has 1 aliphatic rings. The van der Waals surface area contributed by atoms with Crippen LogP contribution in [0.25, 0.3) is 0 Å². The molecule has 7 heteroatoms. The standard InChI is InChI=1S/C24H32N2O4S/c1-18-13-15-26(16-14-18)24(27)22-17-21(11-12-23(22)30-3)31(28,29)25-19(2)9-10-20-7-5-4-6-8-20/h4-8,11-12,17-19,25H,9-10,13-16H2,1-3H3/t19-/m0/s1. The van der Waals surface area contributed by atoms with Crippen LogP contribution < -0.4 is 9.46 Å². The SMILES string of the molecule is COc1ccc(S(=O)(=O)N[C@@H](C)CCc2ccccc2)cc1C(=O)N1CCC(C)CC1. The van der Waals surface area contributed by atoms with Crippen LogP contribution in [0.1, 0.15) is 49.0 Å². The minimum absolute atomic E-state index is 0.0774. The van der Waals surface area contributed by atoms with E-state index < -0.39 is 10.0 Å². The summed E-state index contributed by atoms with van der Waals surface area (Å²) >= 11 is 0. The summed E-state index contributed by atoms with van der Waals surface area (Å²) in [5.74, 6) is 0.803. The van der Waals surface area contributed by atoms with Gasteiger partial charge in [-0.25, -0.2) is 13.1 Å². The Bertz CT molecular complexity index is 984. The average molecular weight is 445 g/mol. The Balaban J connectivity index is 1.73. The number of amides is 1. The van der Waals surface area contributed by atoms with Crippen molar-refractivity contribution in [2.75, 3.05) is 20.2 Å². The second kappa shape index (κ2) is 10.3. The highest BCUT2D eigenvalue weighted by Crippen LogP contribution is 2.26. The number of benzene rings is 2. The third-order valence-corrected chi connectivity index (χ3v) is 7.43. The highest BCUT2D eigenvalue weighted by atomic mass is 32.2. The summed E-state index contributed by atoms with van der Waals surface area (Å²) in [5.41, 5.74) is 1.46. The van der Waals surface area contributed by atoms with E-state index in [4.69, 9.17) is 4.74 Å². The number of sulfonamides is 1. The first-order valence-electron chi connectivity index (χ1n) is 10.8. The summed E-state index contributed by atoms with van der Waals surface area (Å²) in [7, 11) is -2.27. The molecule has 1 atom stereocenters. The number of ether oxygens (including phenoxy) is 1. The Labute approximate surface area is 185 Å². The largest absolute Gasteiger partial charge is 0.496 e. The fourth-order valence-electron chi connectivity index (χ4n) is 3.82. The number of piperidine rings is 1. The number of likely N-dealkylation sites (tertiary alicyclic amines) is 1. The highest BCUT2D eigenvalue weighted by molar-refractivity contribution is 7.89. The maximum atomic E-state index is 13.1. The van der Waals surface area contributed by atoms with Crippen molar-refractivity contribution in [3.8, 4) is 5.75 Å². The van der Waals surface area contributed by atoms with Crippen molar-refractivity contribution >= 4 is 15.9 Å². The smallest absolute Gasteiger partial charge is 0.257 e. The highest BCUT2D eigenvalue weighted by Gasteiger charge is 2.26. The van der Waals surface area contributed by atoms with Gasteiger partial charge in [0.05, 0.1) is 17.6 Å². The van der Waals surface area contributed by atoms with Gasteiger partial charge in [0, 0.05) is 19.1 Å². The second-order valence-electron chi connectivity index (χ2n) is 8.38. The van der Waals surface area contributed by atoms with Gasteiger partial charge in [0.1, 0.15) is 5.75 Å². The van der Waals surface area contributed by atoms with Crippen LogP contribution in [-0.2, 0) is 16.4 Å². The minimum Gasteiger partial charge on any atom is -0.496 e. The topological polar surface area (TPSA) is 75.7 Å². The Morgan fingerprint density at radius 1 is 1.16 bits per heavy atom. The molecule has 3 rings (SSSR count). The van der Waals surface area contributed by atoms with Gasteiger partial charge < -0.3 is 9.64 Å². The van der Waals surface area contributed by atoms with Gasteiger partial charge in [-0.15, -0.1) is 0 Å². The van der Waals surface area contributed by atoms with Crippen molar-refractivity contribution in [2.45, 2.75) is 50.5 Å². The van der Waals surface area contributed by atoms with Crippen LogP contribution in [0.15, 0.2) is 53.4 Å². The first-order chi connectivity index (χ1) is 14.8. The number of carbonyl (C=O) groups excluding carboxylic acids is 1. The zero-order chi connectivity index (χ0) is 22.4. The first-order valence-corrected chi connectivity index (χ1v) is 12.3. The van der Waals surface area contributed by atoms with E-state index in [0.717, 1.165) is 19.3 Å². The second-order valence-corrected chi connectivity index (χ2v) is 10.1. The number of aryl methyl sites for hydroxylation is 1. The van der Waals surface area contributed by atoms with E-state index in [9.17, 15) is 13.2 Å². The molecule has 0 saturated carbocycles. The number of methoxy groups -OCH3 is 1. The van der Waals surface area contributed by atoms with Crippen molar-refractivity contribution < 1.29 is 17.9 Å². The summed E-state index contributed by atoms with van der Waals surface area (Å²) in [6, 6.07) is 14.2. The fourth-order valence-corrected chi connectivity index (χ4v) is 5.13. The molecule has 1 amide bonds. The van der Waals surface area contributed by atoms with Crippen molar-refractivity contribution in [1.82, 2.24) is 9.62 Å². The zero-order valence-electron chi connectivity index (χ0n) is 18.5. The van der Waals surface area contributed by atoms with E-state index in [0.29, 0.717) is 31.2 Å². The van der Waals surface area contributed by atoms with Crippen LogP contribution in [0.5, 0.6) is 5.75 Å². The molecule has 31 heavy (non-hydrogen) atoms. The van der Waals surface area contributed by atoms with Crippen molar-refractivity contribution in [3.63, 3.8) is 0 Å². The van der Waals surface area contributed by atoms with E-state index in [1.807, 2.05) is 37.3 Å². The molecule has 1 fully saturated rings. The van der Waals surface area contributed by atoms with Gasteiger partial charge in [-0.1, -0.05) is 37.3 Å². The number of hydrogen-bond acceptors (Lipinski definition) is 4. The van der Waals surface area contributed by atoms with Crippen molar-refractivity contribution in [1.29, 1.82) is 0 Å². The quantitative estimate of drug-likeness (QED) is 0.671. The number of hydrogen-bond donors (Lipinski definition) is 1. The molecule has 1 N–H and O–H groups in total. The van der Waals surface area contributed by atoms with Gasteiger partial charge in [0.15, 0.2) is 0 Å². The lowest BCUT2D eigenvalue weighted by Crippen LogP contribution is -2.38. The molecular formula is C24H32N2O4S. The molecule has 0 aromatic heterocycles. The molecule has 0 aliphatic carbocycles. The lowest BCUT2D eigenvalue weighted by Gasteiger charge is -2.30. The number of nitrogens with one attached hydrogen (secondary N) is 1. The first kappa shape index (κ1) is 23.3. The molecule has 2 aromatic rings. The van der Waals surface area contributed by atoms with E-state index in [2.05, 4.69) is 11.6 Å². The molecule has 1 saturated heterocycles. The molecule has 0 bridgehead atoms. The van der Waals surface area contributed by atoms with Gasteiger partial charge >= 0.3 is 0 Å². The predicted molar refractivity (Wildman–Crippen MR) is 122 cm³/mol. The van der Waals surface area contributed by atoms with Crippen LogP contribution in [0.4, 0.5) is 0 Å². The van der Waals surface area contributed by atoms with Crippen LogP contribution >= 0.6 is 0 Å². The maximum absolute atomic E-state index is 13.1. The molecule has 0 unspecified atom stereocenters. The maximum Gasteiger partial charge on any atom is 0.257 e. The normalized spacial score (nSPS) is 16.2. The van der Waals surface area contributed by atoms with E-state index in [1.54, 1.807) is 11.0 Å². The Morgan fingerprint density at radius 2 is 1.84 bits per heavy atom. The molecule has 0 radical (unpaired) electrons. The molecule has 168 valence electrons. The summed E-state index contributed by atoms with van der Waals surface area (Å²) in [4.78, 5) is 14.9. The van der Waals surface area contributed by atoms with E-state index >= 15 is 0 Å². The van der Waals surface area contributed by atoms with E-state index in [-0.39, 0.29) is 22.4 Å². The van der Waals surface area contributed by atoms with Gasteiger partial charge in [0.2, 0.25) is 10.0 Å². The van der Waals surface area contributed by atoms with Crippen LogP contribution in [0.2, 0.25) is 0 Å². The lowest BCUT2D eigenvalue weighted by molar-refractivity contribution is 0.0693. The number of rotatable bonds is 8. The molecule has 0 spiro atoms. The third kappa shape index (κ3) is 6.08. The number of carbonyl (C=O) groups is 1. The lowest BCUT2D eigenvalue weighted by atomic mass is 9.98. The molecular weight excluding hydrogens is 412 g/mol. The van der Waals surface area contributed by atoms with Gasteiger partial charge in [-0.3, -0.25) is 4.79 Å². The molecule has 2 aromatic carbocycles. The summed E-state index contributed by atoms with van der Waals surface area (Å²) < 4.78 is 34.0. The minimum atomic E-state index is -3.76. The van der Waals surface area contributed by atoms with Crippen LogP contribution in [0, 0.1) is 5.92 Å². The number of nitrogens with zero attached hydrogens (tertiary/aromatic N) is 1. The Kier molecular flexibility index (Phi) is 7.73. The Hall–Kier alpha value is -2.38. The van der Waals surface area contributed by atoms with Gasteiger partial charge in [-0.2, -0.15) is 0 Å². The van der Waals surface area contributed by atoms with Gasteiger partial charge in [-0.05, 0) is 62.3 Å². The predicted octanol–water partition coefficient (Wildman–Crippen LogP) is 3.87. The molecule has 1 aliphatic heterocycles. The van der Waals surface area contributed by atoms with Gasteiger partial charge in [0.25, 0.3) is 5.91 Å². The summed E-state index contributed by atoms with van der Waals surface area (Å²) in [6.07, 6.45) is 3.36. The van der Waals surface area contributed by atoms with Crippen LogP contribution in [0.3, 0.4) is 0 Å². The van der Waals surface area contributed by atoms with E-state index in [1.165, 1.54) is 24.8 Å². The van der Waals surface area contributed by atoms with Crippen molar-refractivity contribution in [2.24, 2.45) is 5.92 Å². The molecule has 1 heterocycles.